The Morgan fingerprint density at radius 1 is 0.839 bits per heavy atom. The van der Waals surface area contributed by atoms with Gasteiger partial charge in [0.25, 0.3) is 0 Å². The van der Waals surface area contributed by atoms with Crippen LogP contribution < -0.4 is 40.7 Å². The highest BCUT2D eigenvalue weighted by Gasteiger charge is 2.31. The van der Waals surface area contributed by atoms with Crippen molar-refractivity contribution in [2.75, 3.05) is 91.6 Å². The number of nitrogens with one attached hydrogen (secondary N) is 3. The Balaban J connectivity index is 0.878. The van der Waals surface area contributed by atoms with E-state index < -0.39 is 7.14 Å². The number of anilines is 7. The van der Waals surface area contributed by atoms with Gasteiger partial charge in [-0.1, -0.05) is 17.7 Å². The van der Waals surface area contributed by atoms with Gasteiger partial charge < -0.3 is 29.7 Å². The molecule has 4 aliphatic rings. The highest BCUT2D eigenvalue weighted by molar-refractivity contribution is 7.70. The number of aryl methyl sites for hydroxylation is 1. The zero-order chi connectivity index (χ0) is 43.1. The molecule has 3 aromatic carbocycles. The Morgan fingerprint density at radius 2 is 1.58 bits per heavy atom. The maximum Gasteiger partial charge on any atom is 0.328 e. The van der Waals surface area contributed by atoms with Crippen LogP contribution in [0.25, 0.3) is 11.1 Å². The first-order valence-corrected chi connectivity index (χ1v) is 24.3. The fourth-order valence-electron chi connectivity index (χ4n) is 8.89. The molecule has 5 aromatic rings. The van der Waals surface area contributed by atoms with Crippen LogP contribution in [0.4, 0.5) is 45.0 Å². The number of carbonyl (C=O) groups excluding carboxylic acids is 2. The molecular formula is C45H53ClN11O4P. The Hall–Kier alpha value is -5.63. The van der Waals surface area contributed by atoms with Crippen molar-refractivity contribution in [2.24, 2.45) is 7.05 Å². The third-order valence-electron chi connectivity index (χ3n) is 12.4. The Kier molecular flexibility index (Phi) is 11.6. The molecule has 324 valence electrons. The molecule has 15 nitrogen and oxygen atoms in total. The second-order valence-electron chi connectivity index (χ2n) is 17.0. The van der Waals surface area contributed by atoms with Crippen LogP contribution >= 0.6 is 18.7 Å². The third-order valence-corrected chi connectivity index (χ3v) is 14.3. The van der Waals surface area contributed by atoms with E-state index in [1.807, 2.05) is 42.3 Å². The van der Waals surface area contributed by atoms with Gasteiger partial charge in [-0.15, -0.1) is 0 Å². The number of methoxy groups -OCH3 is 1. The first-order chi connectivity index (χ1) is 29.9. The minimum absolute atomic E-state index is 0.230. The number of carbonyl (C=O) groups is 2. The van der Waals surface area contributed by atoms with E-state index in [-0.39, 0.29) is 11.9 Å². The summed E-state index contributed by atoms with van der Waals surface area (Å²) in [7, 11) is 0.969. The molecule has 0 bridgehead atoms. The zero-order valence-corrected chi connectivity index (χ0v) is 37.3. The topological polar surface area (TPSA) is 153 Å². The molecule has 62 heavy (non-hydrogen) atoms. The van der Waals surface area contributed by atoms with E-state index in [2.05, 4.69) is 77.1 Å². The second kappa shape index (κ2) is 17.3. The van der Waals surface area contributed by atoms with E-state index in [1.54, 1.807) is 31.5 Å². The van der Waals surface area contributed by atoms with Crippen LogP contribution in [-0.4, -0.2) is 109 Å². The molecule has 17 heteroatoms. The number of hydrogen-bond donors (Lipinski definition) is 3. The molecule has 3 saturated heterocycles. The van der Waals surface area contributed by atoms with Crippen LogP contribution in [0.3, 0.4) is 0 Å². The number of imide groups is 1. The number of hydrogen-bond acceptors (Lipinski definition) is 12. The molecule has 0 radical (unpaired) electrons. The molecule has 2 aromatic heterocycles. The summed E-state index contributed by atoms with van der Waals surface area (Å²) < 4.78 is 21.2. The largest absolute Gasteiger partial charge is 0.494 e. The number of ether oxygens (including phenoxy) is 1. The predicted octanol–water partition coefficient (Wildman–Crippen LogP) is 7.39. The van der Waals surface area contributed by atoms with Crippen molar-refractivity contribution in [3.63, 3.8) is 0 Å². The maximum atomic E-state index is 13.4. The third kappa shape index (κ3) is 8.97. The summed E-state index contributed by atoms with van der Waals surface area (Å²) in [5, 5.41) is 14.8. The first-order valence-electron chi connectivity index (χ1n) is 21.3. The van der Waals surface area contributed by atoms with E-state index in [0.29, 0.717) is 53.2 Å². The van der Waals surface area contributed by atoms with Gasteiger partial charge >= 0.3 is 6.03 Å². The summed E-state index contributed by atoms with van der Waals surface area (Å²) in [6, 6.07) is 18.5. The Morgan fingerprint density at radius 3 is 2.24 bits per heavy atom. The normalized spacial score (nSPS) is 17.9. The standard InChI is InChI=1S/C45H53ClN11O4P/c1-53-28-31(26-48-53)35-24-38(50-44-47-27-36(46)43(52-44)49-37-12-7-30(29-5-6-29)23-41(37)62(3,4)60)40(61-2)25-39(35)56-16-13-33(14-17-56)55-21-19-54(20-22-55)32-8-10-34(11-9-32)57-18-15-42(58)51-45(57)59/h7-12,23-29,33H,5-6,13-22H2,1-4H3,(H,51,58,59)(H2,47,49,50,52). The van der Waals surface area contributed by atoms with Crippen molar-refractivity contribution in [3.05, 3.63) is 83.8 Å². The van der Waals surface area contributed by atoms with E-state index in [0.717, 1.165) is 104 Å². The minimum atomic E-state index is -2.62. The first kappa shape index (κ1) is 41.7. The molecule has 0 unspecified atom stereocenters. The second-order valence-corrected chi connectivity index (χ2v) is 20.6. The van der Waals surface area contributed by atoms with Gasteiger partial charge in [-0.3, -0.25) is 24.6 Å². The molecule has 0 atom stereocenters. The number of amides is 3. The average molecular weight is 878 g/mol. The van der Waals surface area contributed by atoms with Gasteiger partial charge in [0.2, 0.25) is 11.9 Å². The molecule has 1 saturated carbocycles. The van der Waals surface area contributed by atoms with Gasteiger partial charge in [-0.2, -0.15) is 10.1 Å². The van der Waals surface area contributed by atoms with Gasteiger partial charge in [0.05, 0.1) is 30.9 Å². The molecular weight excluding hydrogens is 825 g/mol. The summed E-state index contributed by atoms with van der Waals surface area (Å²) in [6.07, 6.45) is 10.2. The number of piperidine rings is 1. The van der Waals surface area contributed by atoms with Crippen molar-refractivity contribution >= 4 is 76.2 Å². The van der Waals surface area contributed by atoms with E-state index in [4.69, 9.17) is 21.3 Å². The molecule has 1 aliphatic carbocycles. The predicted molar refractivity (Wildman–Crippen MR) is 247 cm³/mol. The number of halogens is 1. The van der Waals surface area contributed by atoms with Crippen molar-refractivity contribution < 1.29 is 18.9 Å². The number of nitrogens with zero attached hydrogens (tertiary/aromatic N) is 8. The van der Waals surface area contributed by atoms with Crippen LogP contribution in [0.2, 0.25) is 5.02 Å². The molecule has 3 aliphatic heterocycles. The minimum Gasteiger partial charge on any atom is -0.494 e. The molecule has 3 N–H and O–H groups in total. The van der Waals surface area contributed by atoms with E-state index in [9.17, 15) is 14.2 Å². The Bertz CT molecular complexity index is 2530. The van der Waals surface area contributed by atoms with Crippen molar-refractivity contribution in [1.29, 1.82) is 0 Å². The highest BCUT2D eigenvalue weighted by Crippen LogP contribution is 2.45. The van der Waals surface area contributed by atoms with Gasteiger partial charge in [0.1, 0.15) is 17.9 Å². The summed E-state index contributed by atoms with van der Waals surface area (Å²) in [6.45, 7) is 9.58. The zero-order valence-electron chi connectivity index (χ0n) is 35.6. The van der Waals surface area contributed by atoms with Gasteiger partial charge in [-0.05, 0) is 93.0 Å². The summed E-state index contributed by atoms with van der Waals surface area (Å²) in [5.41, 5.74) is 7.64. The fraction of sp³-hybridized carbons (Fsp3) is 0.400. The SMILES string of the molecule is COc1cc(N2CCC(N3CCN(c4ccc(N5CCC(=O)NC5=O)cc4)CC3)CC2)c(-c2cnn(C)c2)cc1Nc1ncc(Cl)c(Nc2ccc(C3CC3)cc2P(C)(C)=O)n1. The average Bonchev–Trinajstić information content (AvgIpc) is 4.03. The van der Waals surface area contributed by atoms with Gasteiger partial charge in [0, 0.05) is 111 Å². The van der Waals surface area contributed by atoms with Crippen molar-refractivity contribution in [2.45, 2.75) is 44.1 Å². The van der Waals surface area contributed by atoms with Crippen LogP contribution in [0.1, 0.15) is 43.6 Å². The lowest BCUT2D eigenvalue weighted by molar-refractivity contribution is -0.120. The lowest BCUT2D eigenvalue weighted by Crippen LogP contribution is -2.53. The monoisotopic (exact) mass is 877 g/mol. The molecule has 3 amide bonds. The lowest BCUT2D eigenvalue weighted by atomic mass is 9.98. The quantitative estimate of drug-likeness (QED) is 0.107. The van der Waals surface area contributed by atoms with Crippen molar-refractivity contribution in [1.82, 2.24) is 30.0 Å². The number of urea groups is 1. The number of aromatic nitrogens is 4. The highest BCUT2D eigenvalue weighted by atomic mass is 35.5. The molecule has 0 spiro atoms. The van der Waals surface area contributed by atoms with Crippen LogP contribution in [0.15, 0.2) is 73.2 Å². The van der Waals surface area contributed by atoms with Crippen LogP contribution in [-0.2, 0) is 16.4 Å². The molecule has 5 heterocycles. The van der Waals surface area contributed by atoms with E-state index in [1.165, 1.54) is 5.56 Å². The van der Waals surface area contributed by atoms with Crippen LogP contribution in [0, 0.1) is 0 Å². The molecule has 4 fully saturated rings. The van der Waals surface area contributed by atoms with Gasteiger partial charge in [-0.25, -0.2) is 9.78 Å². The van der Waals surface area contributed by atoms with Gasteiger partial charge in [0.15, 0.2) is 5.82 Å². The number of rotatable bonds is 12. The Labute approximate surface area is 367 Å². The smallest absolute Gasteiger partial charge is 0.328 e. The van der Waals surface area contributed by atoms with Crippen LogP contribution in [0.5, 0.6) is 5.75 Å². The number of benzene rings is 3. The summed E-state index contributed by atoms with van der Waals surface area (Å²) in [4.78, 5) is 42.3. The fourth-order valence-corrected chi connectivity index (χ4v) is 10.2. The number of piperazine rings is 1. The lowest BCUT2D eigenvalue weighted by Gasteiger charge is -2.44. The van der Waals surface area contributed by atoms with E-state index >= 15 is 0 Å². The summed E-state index contributed by atoms with van der Waals surface area (Å²) in [5.74, 6) is 1.70. The molecule has 9 rings (SSSR count). The van der Waals surface area contributed by atoms with Crippen molar-refractivity contribution in [3.8, 4) is 16.9 Å². The maximum absolute atomic E-state index is 13.4. The summed E-state index contributed by atoms with van der Waals surface area (Å²) >= 11 is 6.66.